The summed E-state index contributed by atoms with van der Waals surface area (Å²) in [7, 11) is 0. The molecule has 6 nitrogen and oxygen atoms in total. The quantitative estimate of drug-likeness (QED) is 0.776. The second-order valence-corrected chi connectivity index (χ2v) is 6.70. The van der Waals surface area contributed by atoms with Crippen molar-refractivity contribution < 1.29 is 9.63 Å². The predicted molar refractivity (Wildman–Crippen MR) is 84.7 cm³/mol. The topological polar surface area (TPSA) is 87.8 Å². The molecule has 120 valence electrons. The van der Waals surface area contributed by atoms with Gasteiger partial charge < -0.3 is 9.63 Å². The van der Waals surface area contributed by atoms with Crippen LogP contribution < -0.4 is 0 Å². The number of nitrogens with one attached hydrogen (secondary N) is 1. The van der Waals surface area contributed by atoms with Crippen molar-refractivity contribution in [1.82, 2.24) is 20.3 Å². The smallest absolute Gasteiger partial charge is 0.258 e. The Morgan fingerprint density at radius 1 is 1.35 bits per heavy atom. The molecular formula is C17H20N4O2. The Bertz CT molecular complexity index is 815. The number of benzene rings is 1. The van der Waals surface area contributed by atoms with Crippen LogP contribution >= 0.6 is 0 Å². The van der Waals surface area contributed by atoms with Crippen molar-refractivity contribution in [3.63, 3.8) is 0 Å². The minimum atomic E-state index is -0.952. The van der Waals surface area contributed by atoms with Crippen LogP contribution in [0.2, 0.25) is 0 Å². The lowest BCUT2D eigenvalue weighted by Crippen LogP contribution is -2.31. The van der Waals surface area contributed by atoms with Gasteiger partial charge in [0.05, 0.1) is 11.7 Å². The summed E-state index contributed by atoms with van der Waals surface area (Å²) >= 11 is 0. The number of fused-ring (bicyclic) bond motifs is 1. The number of H-pyrrole nitrogens is 1. The number of aliphatic hydroxyl groups is 1. The van der Waals surface area contributed by atoms with E-state index in [1.807, 2.05) is 12.1 Å². The van der Waals surface area contributed by atoms with Gasteiger partial charge in [0.15, 0.2) is 5.82 Å². The second kappa shape index (κ2) is 5.45. The van der Waals surface area contributed by atoms with Crippen molar-refractivity contribution >= 4 is 10.9 Å². The monoisotopic (exact) mass is 312 g/mol. The fourth-order valence-electron chi connectivity index (χ4n) is 3.25. The summed E-state index contributed by atoms with van der Waals surface area (Å²) in [5.74, 6) is 1.62. The Balaban J connectivity index is 1.53. The Hall–Kier alpha value is -2.21. The first-order valence-corrected chi connectivity index (χ1v) is 8.10. The second-order valence-electron chi connectivity index (χ2n) is 6.70. The molecule has 0 bridgehead atoms. The summed E-state index contributed by atoms with van der Waals surface area (Å²) in [4.78, 5) is 4.44. The molecular weight excluding hydrogens is 292 g/mol. The SMILES string of the molecule is CC1CCC(O)(c2nc(Cc3ccc4[nH]ncc4c3)no2)CC1. The van der Waals surface area contributed by atoms with Gasteiger partial charge in [0.2, 0.25) is 0 Å². The summed E-state index contributed by atoms with van der Waals surface area (Å²) < 4.78 is 5.36. The van der Waals surface area contributed by atoms with Crippen molar-refractivity contribution in [3.8, 4) is 0 Å². The molecule has 2 N–H and O–H groups in total. The van der Waals surface area contributed by atoms with Gasteiger partial charge in [-0.15, -0.1) is 0 Å². The number of nitrogens with zero attached hydrogens (tertiary/aromatic N) is 3. The molecule has 2 heterocycles. The van der Waals surface area contributed by atoms with Crippen molar-refractivity contribution in [2.45, 2.75) is 44.6 Å². The molecule has 1 aliphatic carbocycles. The first kappa shape index (κ1) is 14.4. The zero-order valence-electron chi connectivity index (χ0n) is 13.1. The van der Waals surface area contributed by atoms with Gasteiger partial charge in [0.25, 0.3) is 5.89 Å². The fraction of sp³-hybridized carbons (Fsp3) is 0.471. The molecule has 1 saturated carbocycles. The molecule has 1 fully saturated rings. The maximum absolute atomic E-state index is 10.7. The third kappa shape index (κ3) is 2.74. The highest BCUT2D eigenvalue weighted by molar-refractivity contribution is 5.78. The van der Waals surface area contributed by atoms with Gasteiger partial charge in [-0.05, 0) is 49.3 Å². The van der Waals surface area contributed by atoms with Crippen LogP contribution in [0.5, 0.6) is 0 Å². The van der Waals surface area contributed by atoms with Gasteiger partial charge in [-0.25, -0.2) is 0 Å². The van der Waals surface area contributed by atoms with Gasteiger partial charge in [-0.1, -0.05) is 18.1 Å². The normalized spacial score (nSPS) is 25.0. The van der Waals surface area contributed by atoms with Crippen LogP contribution in [0.4, 0.5) is 0 Å². The summed E-state index contributed by atoms with van der Waals surface area (Å²) in [5, 5.41) is 22.8. The molecule has 3 aromatic rings. The molecule has 0 atom stereocenters. The molecule has 0 unspecified atom stereocenters. The molecule has 6 heteroatoms. The summed E-state index contributed by atoms with van der Waals surface area (Å²) in [6.07, 6.45) is 5.74. The third-order valence-electron chi connectivity index (χ3n) is 4.83. The van der Waals surface area contributed by atoms with Crippen molar-refractivity contribution in [1.29, 1.82) is 0 Å². The van der Waals surface area contributed by atoms with Gasteiger partial charge >= 0.3 is 0 Å². The molecule has 0 amide bonds. The minimum Gasteiger partial charge on any atom is -0.380 e. The van der Waals surface area contributed by atoms with Crippen LogP contribution in [0.25, 0.3) is 10.9 Å². The summed E-state index contributed by atoms with van der Waals surface area (Å²) in [5.41, 5.74) is 1.15. The molecule has 4 rings (SSSR count). The Kier molecular flexibility index (Phi) is 3.41. The van der Waals surface area contributed by atoms with Crippen LogP contribution in [0.15, 0.2) is 28.9 Å². The number of aromatic amines is 1. The number of hydrogen-bond donors (Lipinski definition) is 2. The highest BCUT2D eigenvalue weighted by atomic mass is 16.5. The first-order valence-electron chi connectivity index (χ1n) is 8.10. The highest BCUT2D eigenvalue weighted by Crippen LogP contribution is 2.38. The molecule has 23 heavy (non-hydrogen) atoms. The molecule has 0 aliphatic heterocycles. The summed E-state index contributed by atoms with van der Waals surface area (Å²) in [6.45, 7) is 2.21. The fourth-order valence-corrected chi connectivity index (χ4v) is 3.25. The Morgan fingerprint density at radius 2 is 2.17 bits per heavy atom. The standard InChI is InChI=1S/C17H20N4O2/c1-11-4-6-17(22,7-5-11)16-19-15(21-23-16)9-12-2-3-14-13(8-12)10-18-20-14/h2-3,8,10-11,22H,4-7,9H2,1H3,(H,18,20). The lowest BCUT2D eigenvalue weighted by atomic mass is 9.79. The van der Waals surface area contributed by atoms with E-state index in [4.69, 9.17) is 4.52 Å². The van der Waals surface area contributed by atoms with E-state index in [0.717, 1.165) is 29.3 Å². The van der Waals surface area contributed by atoms with Gasteiger partial charge in [0.1, 0.15) is 5.60 Å². The third-order valence-corrected chi connectivity index (χ3v) is 4.83. The first-order chi connectivity index (χ1) is 11.1. The lowest BCUT2D eigenvalue weighted by molar-refractivity contribution is -0.0384. The van der Waals surface area contributed by atoms with Gasteiger partial charge in [0, 0.05) is 11.8 Å². The molecule has 0 saturated heterocycles. The molecule has 1 aliphatic rings. The Morgan fingerprint density at radius 3 is 3.00 bits per heavy atom. The van der Waals surface area contributed by atoms with Crippen molar-refractivity contribution in [3.05, 3.63) is 41.7 Å². The average molecular weight is 312 g/mol. The van der Waals surface area contributed by atoms with Gasteiger partial charge in [-0.2, -0.15) is 10.1 Å². The average Bonchev–Trinajstić information content (AvgIpc) is 3.19. The van der Waals surface area contributed by atoms with Crippen LogP contribution in [0.1, 0.15) is 49.9 Å². The molecule has 0 radical (unpaired) electrons. The lowest BCUT2D eigenvalue weighted by Gasteiger charge is -2.31. The number of aromatic nitrogens is 4. The molecule has 0 spiro atoms. The summed E-state index contributed by atoms with van der Waals surface area (Å²) in [6, 6.07) is 6.08. The Labute approximate surface area is 133 Å². The van der Waals surface area contributed by atoms with E-state index in [-0.39, 0.29) is 0 Å². The van der Waals surface area contributed by atoms with Crippen LogP contribution in [0.3, 0.4) is 0 Å². The van der Waals surface area contributed by atoms with Crippen LogP contribution in [-0.4, -0.2) is 25.4 Å². The largest absolute Gasteiger partial charge is 0.380 e. The minimum absolute atomic E-state index is 0.365. The van der Waals surface area contributed by atoms with E-state index in [0.29, 0.717) is 36.9 Å². The van der Waals surface area contributed by atoms with E-state index in [9.17, 15) is 5.11 Å². The maximum Gasteiger partial charge on any atom is 0.258 e. The van der Waals surface area contributed by atoms with Crippen LogP contribution in [0, 0.1) is 5.92 Å². The highest BCUT2D eigenvalue weighted by Gasteiger charge is 2.38. The number of hydrogen-bond acceptors (Lipinski definition) is 5. The van der Waals surface area contributed by atoms with E-state index in [1.54, 1.807) is 6.20 Å². The molecule has 1 aromatic carbocycles. The van der Waals surface area contributed by atoms with Crippen molar-refractivity contribution in [2.24, 2.45) is 5.92 Å². The van der Waals surface area contributed by atoms with E-state index in [1.165, 1.54) is 0 Å². The van der Waals surface area contributed by atoms with E-state index < -0.39 is 5.60 Å². The van der Waals surface area contributed by atoms with E-state index >= 15 is 0 Å². The van der Waals surface area contributed by atoms with Gasteiger partial charge in [-0.3, -0.25) is 5.10 Å². The number of rotatable bonds is 3. The van der Waals surface area contributed by atoms with Crippen molar-refractivity contribution in [2.75, 3.05) is 0 Å². The zero-order chi connectivity index (χ0) is 15.9. The molecule has 2 aromatic heterocycles. The zero-order valence-corrected chi connectivity index (χ0v) is 13.1. The van der Waals surface area contributed by atoms with Crippen LogP contribution in [-0.2, 0) is 12.0 Å². The van der Waals surface area contributed by atoms with E-state index in [2.05, 4.69) is 33.3 Å². The predicted octanol–water partition coefficient (Wildman–Crippen LogP) is 2.93. The maximum atomic E-state index is 10.7.